The van der Waals surface area contributed by atoms with E-state index in [0.29, 0.717) is 5.56 Å². The van der Waals surface area contributed by atoms with E-state index in [1.807, 2.05) is 0 Å². The van der Waals surface area contributed by atoms with E-state index in [4.69, 9.17) is 10.3 Å². The van der Waals surface area contributed by atoms with Gasteiger partial charge in [-0.15, -0.1) is 0 Å². The van der Waals surface area contributed by atoms with E-state index in [2.05, 4.69) is 4.79 Å². The monoisotopic (exact) mass is 376 g/mol. The van der Waals surface area contributed by atoms with Crippen LogP contribution in [0.5, 0.6) is 0 Å². The van der Waals surface area contributed by atoms with Crippen LogP contribution in [-0.2, 0) is 25.7 Å². The lowest BCUT2D eigenvalue weighted by Gasteiger charge is -2.38. The second-order valence-corrected chi connectivity index (χ2v) is 5.94. The predicted octanol–water partition coefficient (Wildman–Crippen LogP) is -0.283. The smallest absolute Gasteiger partial charge is 0.387 e. The topological polar surface area (TPSA) is 163 Å². The Kier molecular flexibility index (Phi) is 6.11. The summed E-state index contributed by atoms with van der Waals surface area (Å²) < 4.78 is 4.80. The second-order valence-electron chi connectivity index (χ2n) is 5.94. The lowest BCUT2D eigenvalue weighted by Crippen LogP contribution is -2.58. The lowest BCUT2D eigenvalue weighted by molar-refractivity contribution is -0.384. The molecule has 1 unspecified atom stereocenters. The molecule has 27 heavy (non-hydrogen) atoms. The van der Waals surface area contributed by atoms with Gasteiger partial charge < -0.3 is 20.3 Å². The number of ketones is 1. The normalized spacial score (nSPS) is 16.7. The number of aliphatic hydroxyl groups excluding tert-OH is 1. The Bertz CT molecular complexity index is 828. The van der Waals surface area contributed by atoms with Crippen LogP contribution in [-0.4, -0.2) is 62.3 Å². The van der Waals surface area contributed by atoms with Crippen LogP contribution in [0.15, 0.2) is 24.3 Å². The van der Waals surface area contributed by atoms with Crippen LogP contribution >= 0.6 is 0 Å². The number of hydrogen-bond donors (Lipinski definition) is 1. The quantitative estimate of drug-likeness (QED) is 0.0952. The van der Waals surface area contributed by atoms with Gasteiger partial charge in [0.2, 0.25) is 5.91 Å². The van der Waals surface area contributed by atoms with Crippen molar-refractivity contribution in [1.29, 1.82) is 0 Å². The summed E-state index contributed by atoms with van der Waals surface area (Å²) in [5.74, 6) is -3.51. The van der Waals surface area contributed by atoms with E-state index in [9.17, 15) is 29.6 Å². The number of nitrogens with zero attached hydrogens (tertiary/aromatic N) is 4. The Hall–Kier alpha value is -3.43. The molecule has 1 aromatic rings. The van der Waals surface area contributed by atoms with Gasteiger partial charge in [0.15, 0.2) is 0 Å². The summed E-state index contributed by atoms with van der Waals surface area (Å²) >= 11 is 0. The summed E-state index contributed by atoms with van der Waals surface area (Å²) in [7, 11) is 0. The Labute approximate surface area is 152 Å². The molecule has 11 nitrogen and oxygen atoms in total. The van der Waals surface area contributed by atoms with Crippen LogP contribution in [0.1, 0.15) is 12.5 Å². The van der Waals surface area contributed by atoms with Gasteiger partial charge in [-0.1, -0.05) is 0 Å². The number of esters is 1. The molecule has 0 aliphatic carbocycles. The Morgan fingerprint density at radius 1 is 1.44 bits per heavy atom. The van der Waals surface area contributed by atoms with Gasteiger partial charge in [-0.2, -0.15) is 4.79 Å². The minimum Gasteiger partial charge on any atom is -0.455 e. The molecule has 0 bridgehead atoms. The third kappa shape index (κ3) is 4.60. The fourth-order valence-corrected chi connectivity index (χ4v) is 2.40. The van der Waals surface area contributed by atoms with Gasteiger partial charge in [-0.25, -0.2) is 4.79 Å². The minimum atomic E-state index is -1.29. The van der Waals surface area contributed by atoms with E-state index in [-0.39, 0.29) is 25.4 Å². The van der Waals surface area contributed by atoms with E-state index in [0.717, 1.165) is 4.90 Å². The number of non-ortho nitro benzene ring substituents is 1. The van der Waals surface area contributed by atoms with Crippen molar-refractivity contribution in [1.82, 2.24) is 4.90 Å². The Morgan fingerprint density at radius 3 is 2.56 bits per heavy atom. The number of nitro benzene ring substituents is 1. The highest BCUT2D eigenvalue weighted by Crippen LogP contribution is 2.20. The second kappa shape index (κ2) is 8.30. The average Bonchev–Trinajstić information content (AvgIpc) is 2.64. The van der Waals surface area contributed by atoms with Gasteiger partial charge in [0.25, 0.3) is 5.69 Å². The molecule has 0 aromatic heterocycles. The molecular formula is C16H16N4O7. The first-order chi connectivity index (χ1) is 12.7. The number of β-lactam (4-membered cyclic amide) rings is 1. The number of carbonyl (C=O) groups excluding carboxylic acids is 3. The molecule has 1 N–H and O–H groups in total. The van der Waals surface area contributed by atoms with Crippen LogP contribution in [0.2, 0.25) is 0 Å². The molecule has 11 heteroatoms. The molecule has 1 aliphatic rings. The fraction of sp³-hybridized carbons (Fsp3) is 0.375. The number of rotatable bonds is 8. The maximum Gasteiger partial charge on any atom is 0.387 e. The summed E-state index contributed by atoms with van der Waals surface area (Å²) in [5.41, 5.74) is 8.67. The van der Waals surface area contributed by atoms with Crippen molar-refractivity contribution in [3.05, 3.63) is 45.5 Å². The maximum atomic E-state index is 12.0. The predicted molar refractivity (Wildman–Crippen MR) is 88.3 cm³/mol. The highest BCUT2D eigenvalue weighted by Gasteiger charge is 2.43. The Morgan fingerprint density at radius 2 is 2.07 bits per heavy atom. The van der Waals surface area contributed by atoms with Crippen molar-refractivity contribution < 1.29 is 33.9 Å². The van der Waals surface area contributed by atoms with E-state index in [1.54, 1.807) is 0 Å². The molecule has 142 valence electrons. The molecule has 1 aromatic carbocycles. The number of Topliss-reactive ketones (excluding diaryl/α,β-unsaturated/α-hetero) is 1. The number of nitro groups is 1. The van der Waals surface area contributed by atoms with Crippen LogP contribution in [0.4, 0.5) is 5.69 Å². The van der Waals surface area contributed by atoms with Crippen LogP contribution in [0.25, 0.3) is 5.53 Å². The number of aliphatic hydroxyl groups is 1. The lowest BCUT2D eigenvalue weighted by atomic mass is 9.93. The molecular weight excluding hydrogens is 360 g/mol. The summed E-state index contributed by atoms with van der Waals surface area (Å²) in [6.07, 6.45) is -0.842. The molecule has 1 fully saturated rings. The molecule has 0 radical (unpaired) electrons. The van der Waals surface area contributed by atoms with Crippen LogP contribution in [0, 0.1) is 16.0 Å². The van der Waals surface area contributed by atoms with Crippen LogP contribution < -0.4 is 0 Å². The minimum absolute atomic E-state index is 0.134. The number of amides is 1. The Balaban J connectivity index is 1.89. The number of carbonyl (C=O) groups is 3. The summed E-state index contributed by atoms with van der Waals surface area (Å²) in [5, 5.41) is 19.9. The first kappa shape index (κ1) is 19.9. The fourth-order valence-electron chi connectivity index (χ4n) is 2.40. The zero-order valence-electron chi connectivity index (χ0n) is 14.3. The highest BCUT2D eigenvalue weighted by atomic mass is 16.6. The van der Waals surface area contributed by atoms with Gasteiger partial charge >= 0.3 is 17.5 Å². The number of ether oxygens (including phenoxy) is 1. The summed E-state index contributed by atoms with van der Waals surface area (Å²) in [6.45, 7) is 0.931. The van der Waals surface area contributed by atoms with Gasteiger partial charge in [0.1, 0.15) is 13.2 Å². The molecule has 1 heterocycles. The van der Waals surface area contributed by atoms with Gasteiger partial charge in [0, 0.05) is 18.7 Å². The highest BCUT2D eigenvalue weighted by molar-refractivity contribution is 6.62. The molecule has 0 spiro atoms. The van der Waals surface area contributed by atoms with Crippen LogP contribution in [0.3, 0.4) is 0 Å². The van der Waals surface area contributed by atoms with Crippen molar-refractivity contribution >= 4 is 29.1 Å². The molecule has 2 atom stereocenters. The van der Waals surface area contributed by atoms with Crippen molar-refractivity contribution in [2.75, 3.05) is 13.1 Å². The number of benzene rings is 1. The van der Waals surface area contributed by atoms with Gasteiger partial charge in [-0.3, -0.25) is 19.7 Å². The third-order valence-electron chi connectivity index (χ3n) is 4.05. The van der Waals surface area contributed by atoms with E-state index >= 15 is 0 Å². The maximum absolute atomic E-state index is 12.0. The number of hydrogen-bond acceptors (Lipinski definition) is 7. The third-order valence-corrected chi connectivity index (χ3v) is 4.05. The van der Waals surface area contributed by atoms with Crippen molar-refractivity contribution in [3.8, 4) is 0 Å². The van der Waals surface area contributed by atoms with E-state index < -0.39 is 40.3 Å². The molecule has 1 saturated heterocycles. The molecule has 1 aliphatic heterocycles. The van der Waals surface area contributed by atoms with Crippen molar-refractivity contribution in [2.24, 2.45) is 5.92 Å². The van der Waals surface area contributed by atoms with Gasteiger partial charge in [0.05, 0.1) is 16.9 Å². The first-order valence-electron chi connectivity index (χ1n) is 7.87. The van der Waals surface area contributed by atoms with Crippen molar-refractivity contribution in [2.45, 2.75) is 19.6 Å². The largest absolute Gasteiger partial charge is 0.455 e. The first-order valence-corrected chi connectivity index (χ1v) is 7.87. The molecule has 1 amide bonds. The summed E-state index contributed by atoms with van der Waals surface area (Å²) in [6, 6.07) is 5.18. The van der Waals surface area contributed by atoms with E-state index in [1.165, 1.54) is 31.2 Å². The molecule has 2 rings (SSSR count). The average molecular weight is 376 g/mol. The summed E-state index contributed by atoms with van der Waals surface area (Å²) in [4.78, 5) is 49.5. The van der Waals surface area contributed by atoms with Gasteiger partial charge in [-0.05, 0) is 24.6 Å². The standard InChI is InChI=1S/C16H16N4O7/c1-9(21)12-6-19(15(12)23)7-13(18-17)14(22)16(24)27-8-10-2-4-11(5-3-10)20(25)26/h2-5,9,12,21H,6-8H2,1H3/t9-,12?/m1/s1. The number of likely N-dealkylation sites (tertiary alicyclic amines) is 1. The zero-order valence-corrected chi connectivity index (χ0v) is 14.3. The SMILES string of the molecule is C[C@@H](O)C1CN(CC(=[N+]=[N-])C(=O)C(=O)OCc2ccc([N+](=O)[O-])cc2)C1=O. The zero-order chi connectivity index (χ0) is 20.1. The van der Waals surface area contributed by atoms with Crippen molar-refractivity contribution in [3.63, 3.8) is 0 Å². The molecule has 0 saturated carbocycles.